The fraction of sp³-hybridized carbons (Fsp3) is 0.250. The molecule has 4 aromatic rings. The van der Waals surface area contributed by atoms with Gasteiger partial charge in [0, 0.05) is 16.5 Å². The summed E-state index contributed by atoms with van der Waals surface area (Å²) in [6.45, 7) is 6.65. The summed E-state index contributed by atoms with van der Waals surface area (Å²) >= 11 is 1.67. The fourth-order valence-electron chi connectivity index (χ4n) is 3.57. The van der Waals surface area contributed by atoms with Crippen LogP contribution in [-0.2, 0) is 0 Å². The molecular formula is C24H25N3O3S. The standard InChI is InChI=1S/C24H25N3O3S/c1-6-30-17-9-7-16(8-10-17)21-14(2)31-24-22(21)23(25-15(3)26-24)27-19-12-11-18(28-4)13-20(19)29-5/h7-13H,6H2,1-5H3,(H,25,26,27). The Balaban J connectivity index is 1.84. The maximum absolute atomic E-state index is 5.60. The number of hydrogen-bond acceptors (Lipinski definition) is 7. The van der Waals surface area contributed by atoms with Crippen molar-refractivity contribution in [3.05, 3.63) is 53.2 Å². The van der Waals surface area contributed by atoms with Gasteiger partial charge in [-0.15, -0.1) is 11.3 Å². The smallest absolute Gasteiger partial charge is 0.146 e. The zero-order chi connectivity index (χ0) is 22.0. The third kappa shape index (κ3) is 4.14. The Labute approximate surface area is 185 Å². The number of anilines is 2. The van der Waals surface area contributed by atoms with Gasteiger partial charge in [-0.2, -0.15) is 0 Å². The number of hydrogen-bond donors (Lipinski definition) is 1. The lowest BCUT2D eigenvalue weighted by Crippen LogP contribution is -2.00. The molecule has 0 aliphatic carbocycles. The predicted octanol–water partition coefficient (Wildman–Crippen LogP) is 6.13. The van der Waals surface area contributed by atoms with Crippen LogP contribution in [0.3, 0.4) is 0 Å². The Hall–Kier alpha value is -3.32. The van der Waals surface area contributed by atoms with Gasteiger partial charge >= 0.3 is 0 Å². The minimum atomic E-state index is 0.643. The number of aromatic nitrogens is 2. The summed E-state index contributed by atoms with van der Waals surface area (Å²) in [5.41, 5.74) is 3.03. The van der Waals surface area contributed by atoms with Gasteiger partial charge in [0.25, 0.3) is 0 Å². The van der Waals surface area contributed by atoms with Crippen LogP contribution in [0.2, 0.25) is 0 Å². The zero-order valence-electron chi connectivity index (χ0n) is 18.3. The highest BCUT2D eigenvalue weighted by Gasteiger charge is 2.19. The molecule has 2 aromatic carbocycles. The first-order valence-corrected chi connectivity index (χ1v) is 10.9. The first kappa shape index (κ1) is 20.9. The van der Waals surface area contributed by atoms with Crippen LogP contribution in [0.1, 0.15) is 17.6 Å². The van der Waals surface area contributed by atoms with Gasteiger partial charge in [0.05, 0.1) is 31.9 Å². The van der Waals surface area contributed by atoms with E-state index in [2.05, 4.69) is 24.4 Å². The van der Waals surface area contributed by atoms with E-state index in [9.17, 15) is 0 Å². The van der Waals surface area contributed by atoms with Gasteiger partial charge in [0.15, 0.2) is 0 Å². The molecule has 0 bridgehead atoms. The molecule has 4 rings (SSSR count). The normalized spacial score (nSPS) is 10.9. The van der Waals surface area contributed by atoms with E-state index in [0.717, 1.165) is 44.3 Å². The van der Waals surface area contributed by atoms with Crippen LogP contribution in [0.15, 0.2) is 42.5 Å². The zero-order valence-corrected chi connectivity index (χ0v) is 19.1. The van der Waals surface area contributed by atoms with E-state index in [4.69, 9.17) is 24.2 Å². The van der Waals surface area contributed by atoms with Crippen molar-refractivity contribution in [3.8, 4) is 28.4 Å². The molecule has 2 heterocycles. The van der Waals surface area contributed by atoms with Crippen molar-refractivity contribution in [2.24, 2.45) is 0 Å². The molecule has 0 amide bonds. The van der Waals surface area contributed by atoms with E-state index in [1.807, 2.05) is 44.2 Å². The lowest BCUT2D eigenvalue weighted by Gasteiger charge is -2.14. The molecule has 0 unspecified atom stereocenters. The number of nitrogens with zero attached hydrogens (tertiary/aromatic N) is 2. The van der Waals surface area contributed by atoms with Crippen molar-refractivity contribution in [2.75, 3.05) is 26.1 Å². The second kappa shape index (κ2) is 8.81. The molecule has 0 saturated heterocycles. The average molecular weight is 436 g/mol. The van der Waals surface area contributed by atoms with Gasteiger partial charge in [0.2, 0.25) is 0 Å². The molecule has 0 saturated carbocycles. The fourth-order valence-corrected chi connectivity index (χ4v) is 4.66. The van der Waals surface area contributed by atoms with Crippen LogP contribution in [-0.4, -0.2) is 30.8 Å². The van der Waals surface area contributed by atoms with Crippen LogP contribution >= 0.6 is 11.3 Å². The quantitative estimate of drug-likeness (QED) is 0.376. The van der Waals surface area contributed by atoms with E-state index >= 15 is 0 Å². The highest BCUT2D eigenvalue weighted by molar-refractivity contribution is 7.19. The van der Waals surface area contributed by atoms with E-state index in [1.54, 1.807) is 25.6 Å². The molecule has 0 fully saturated rings. The molecule has 0 atom stereocenters. The molecule has 7 heteroatoms. The number of nitrogens with one attached hydrogen (secondary N) is 1. The summed E-state index contributed by atoms with van der Waals surface area (Å²) in [5, 5.41) is 4.46. The molecular weight excluding hydrogens is 410 g/mol. The third-order valence-electron chi connectivity index (χ3n) is 4.96. The maximum atomic E-state index is 5.60. The Morgan fingerprint density at radius 1 is 0.935 bits per heavy atom. The second-order valence-corrected chi connectivity index (χ2v) is 8.18. The SMILES string of the molecule is CCOc1ccc(-c2c(C)sc3nc(C)nc(Nc4ccc(OC)cc4OC)c23)cc1. The number of fused-ring (bicyclic) bond motifs is 1. The Morgan fingerprint density at radius 2 is 1.68 bits per heavy atom. The number of thiophene rings is 1. The minimum Gasteiger partial charge on any atom is -0.497 e. The van der Waals surface area contributed by atoms with Gasteiger partial charge in [0.1, 0.15) is 33.7 Å². The Morgan fingerprint density at radius 3 is 2.35 bits per heavy atom. The van der Waals surface area contributed by atoms with Crippen molar-refractivity contribution < 1.29 is 14.2 Å². The molecule has 0 spiro atoms. The average Bonchev–Trinajstić information content (AvgIpc) is 3.10. The van der Waals surface area contributed by atoms with Gasteiger partial charge in [-0.1, -0.05) is 12.1 Å². The van der Waals surface area contributed by atoms with Crippen molar-refractivity contribution >= 4 is 33.1 Å². The number of aryl methyl sites for hydroxylation is 2. The lowest BCUT2D eigenvalue weighted by atomic mass is 10.0. The Bertz CT molecular complexity index is 1220. The maximum Gasteiger partial charge on any atom is 0.146 e. The van der Waals surface area contributed by atoms with Gasteiger partial charge in [-0.05, 0) is 50.6 Å². The van der Waals surface area contributed by atoms with Crippen molar-refractivity contribution in [1.29, 1.82) is 0 Å². The van der Waals surface area contributed by atoms with Gasteiger partial charge in [-0.25, -0.2) is 9.97 Å². The molecule has 0 aliphatic heterocycles. The molecule has 31 heavy (non-hydrogen) atoms. The molecule has 0 radical (unpaired) electrons. The van der Waals surface area contributed by atoms with E-state index in [1.165, 1.54) is 4.88 Å². The summed E-state index contributed by atoms with van der Waals surface area (Å²) in [6.07, 6.45) is 0. The van der Waals surface area contributed by atoms with Gasteiger partial charge in [-0.3, -0.25) is 0 Å². The monoisotopic (exact) mass is 435 g/mol. The van der Waals surface area contributed by atoms with Crippen LogP contribution in [0.4, 0.5) is 11.5 Å². The summed E-state index contributed by atoms with van der Waals surface area (Å²) in [7, 11) is 3.28. The number of methoxy groups -OCH3 is 2. The summed E-state index contributed by atoms with van der Waals surface area (Å²) in [5.74, 6) is 3.73. The summed E-state index contributed by atoms with van der Waals surface area (Å²) in [4.78, 5) is 11.6. The van der Waals surface area contributed by atoms with Crippen molar-refractivity contribution in [1.82, 2.24) is 9.97 Å². The number of rotatable bonds is 7. The van der Waals surface area contributed by atoms with Crippen LogP contribution < -0.4 is 19.5 Å². The first-order chi connectivity index (χ1) is 15.0. The highest BCUT2D eigenvalue weighted by Crippen LogP contribution is 2.42. The predicted molar refractivity (Wildman–Crippen MR) is 126 cm³/mol. The van der Waals surface area contributed by atoms with Gasteiger partial charge < -0.3 is 19.5 Å². The lowest BCUT2D eigenvalue weighted by molar-refractivity contribution is 0.340. The van der Waals surface area contributed by atoms with Crippen LogP contribution in [0, 0.1) is 13.8 Å². The molecule has 0 aliphatic rings. The highest BCUT2D eigenvalue weighted by atomic mass is 32.1. The summed E-state index contributed by atoms with van der Waals surface area (Å²) in [6, 6.07) is 13.8. The third-order valence-corrected chi connectivity index (χ3v) is 5.95. The first-order valence-electron chi connectivity index (χ1n) is 10.0. The molecule has 160 valence electrons. The molecule has 1 N–H and O–H groups in total. The van der Waals surface area contributed by atoms with Crippen molar-refractivity contribution in [3.63, 3.8) is 0 Å². The topological polar surface area (TPSA) is 65.5 Å². The van der Waals surface area contributed by atoms with E-state index in [0.29, 0.717) is 18.2 Å². The number of ether oxygens (including phenoxy) is 3. The van der Waals surface area contributed by atoms with Crippen LogP contribution in [0.25, 0.3) is 21.3 Å². The molecule has 2 aromatic heterocycles. The summed E-state index contributed by atoms with van der Waals surface area (Å²) < 4.78 is 16.5. The van der Waals surface area contributed by atoms with E-state index < -0.39 is 0 Å². The molecule has 6 nitrogen and oxygen atoms in total. The number of benzene rings is 2. The second-order valence-electron chi connectivity index (χ2n) is 6.98. The van der Waals surface area contributed by atoms with Crippen molar-refractivity contribution in [2.45, 2.75) is 20.8 Å². The van der Waals surface area contributed by atoms with E-state index in [-0.39, 0.29) is 0 Å². The largest absolute Gasteiger partial charge is 0.497 e. The Kier molecular flexibility index (Phi) is 5.95. The van der Waals surface area contributed by atoms with Crippen LogP contribution in [0.5, 0.6) is 17.2 Å². The minimum absolute atomic E-state index is 0.643.